The van der Waals surface area contributed by atoms with Crippen LogP contribution in [0.25, 0.3) is 27.4 Å². The standard InChI is InChI=1S/C34H31F4N7O2S2/c1-21(2)33-42-30(22-5-3-6-24(19-22)43-49(46,47)32-25(36)7-4-8-26(32)37)31(48-33)28-11-13-39-34(41-28)40-23-9-10-29(27(38)20-23)45-17-15-44(14-12-35)16-18-45/h3-11,13,19-20,43H,1,12,14-18H2,2H3,(H,39,40,41). The lowest BCUT2D eigenvalue weighted by molar-refractivity contribution is 0.235. The molecule has 1 aliphatic rings. The van der Waals surface area contributed by atoms with E-state index in [0.29, 0.717) is 76.5 Å². The van der Waals surface area contributed by atoms with Crippen LogP contribution in [0.5, 0.6) is 0 Å². The highest BCUT2D eigenvalue weighted by Gasteiger charge is 2.25. The van der Waals surface area contributed by atoms with Crippen molar-refractivity contribution in [3.8, 4) is 21.8 Å². The lowest BCUT2D eigenvalue weighted by Gasteiger charge is -2.35. The van der Waals surface area contributed by atoms with Gasteiger partial charge in [-0.3, -0.25) is 9.62 Å². The molecule has 0 aliphatic carbocycles. The summed E-state index contributed by atoms with van der Waals surface area (Å²) in [5, 5.41) is 3.67. The molecule has 9 nitrogen and oxygen atoms in total. The van der Waals surface area contributed by atoms with E-state index in [1.54, 1.807) is 43.5 Å². The number of aromatic nitrogens is 3. The summed E-state index contributed by atoms with van der Waals surface area (Å²) < 4.78 is 84.7. The lowest BCUT2D eigenvalue weighted by atomic mass is 10.1. The third kappa shape index (κ3) is 7.58. The van der Waals surface area contributed by atoms with Gasteiger partial charge in [-0.15, -0.1) is 11.3 Å². The van der Waals surface area contributed by atoms with E-state index in [1.807, 2.05) is 9.80 Å². The molecule has 254 valence electrons. The van der Waals surface area contributed by atoms with E-state index in [9.17, 15) is 21.6 Å². The van der Waals surface area contributed by atoms with Crippen molar-refractivity contribution in [3.05, 3.63) is 102 Å². The van der Waals surface area contributed by atoms with Gasteiger partial charge in [0.25, 0.3) is 10.0 Å². The van der Waals surface area contributed by atoms with Crippen molar-refractivity contribution >= 4 is 49.9 Å². The fraction of sp³-hybridized carbons (Fsp3) is 0.206. The number of alkyl halides is 1. The second-order valence-electron chi connectivity index (χ2n) is 11.3. The number of hydrogen-bond acceptors (Lipinski definition) is 9. The molecule has 1 aliphatic heterocycles. The Morgan fingerprint density at radius 2 is 1.65 bits per heavy atom. The highest BCUT2D eigenvalue weighted by Crippen LogP contribution is 2.39. The predicted molar refractivity (Wildman–Crippen MR) is 185 cm³/mol. The number of halogens is 4. The van der Waals surface area contributed by atoms with Crippen molar-refractivity contribution in [2.75, 3.05) is 54.3 Å². The van der Waals surface area contributed by atoms with Crippen molar-refractivity contribution in [2.45, 2.75) is 11.8 Å². The maximum Gasteiger partial charge on any atom is 0.267 e. The van der Waals surface area contributed by atoms with Gasteiger partial charge < -0.3 is 10.2 Å². The van der Waals surface area contributed by atoms with E-state index in [2.05, 4.69) is 26.6 Å². The normalized spacial score (nSPS) is 13.8. The van der Waals surface area contributed by atoms with Crippen LogP contribution < -0.4 is 14.9 Å². The molecule has 0 amide bonds. The molecule has 2 N–H and O–H groups in total. The molecule has 15 heteroatoms. The van der Waals surface area contributed by atoms with Gasteiger partial charge in [0.2, 0.25) is 5.95 Å². The molecule has 0 atom stereocenters. The second kappa shape index (κ2) is 14.3. The smallest absolute Gasteiger partial charge is 0.267 e. The molecular formula is C34H31F4N7O2S2. The molecule has 2 aromatic heterocycles. The van der Waals surface area contributed by atoms with Crippen molar-refractivity contribution < 1.29 is 26.0 Å². The van der Waals surface area contributed by atoms with Gasteiger partial charge in [-0.2, -0.15) is 0 Å². The first-order chi connectivity index (χ1) is 23.5. The third-order valence-corrected chi connectivity index (χ3v) is 10.4. The Hall–Kier alpha value is -4.86. The van der Waals surface area contributed by atoms with Gasteiger partial charge in [0.05, 0.1) is 22.0 Å². The van der Waals surface area contributed by atoms with Crippen molar-refractivity contribution in [2.24, 2.45) is 0 Å². The number of nitrogens with zero attached hydrogens (tertiary/aromatic N) is 5. The van der Waals surface area contributed by atoms with Crippen LogP contribution in [0.1, 0.15) is 11.9 Å². The Morgan fingerprint density at radius 1 is 0.918 bits per heavy atom. The number of anilines is 4. The summed E-state index contributed by atoms with van der Waals surface area (Å²) in [6, 6.07) is 15.6. The zero-order valence-electron chi connectivity index (χ0n) is 26.3. The lowest BCUT2D eigenvalue weighted by Crippen LogP contribution is -2.47. The number of nitrogens with one attached hydrogen (secondary N) is 2. The third-order valence-electron chi connectivity index (χ3n) is 7.77. The van der Waals surface area contributed by atoms with Gasteiger partial charge in [-0.05, 0) is 61.0 Å². The molecule has 1 fully saturated rings. The Morgan fingerprint density at radius 3 is 2.35 bits per heavy atom. The van der Waals surface area contributed by atoms with E-state index in [-0.39, 0.29) is 11.6 Å². The Bertz CT molecular complexity index is 2100. The number of hydrogen-bond donors (Lipinski definition) is 2. The summed E-state index contributed by atoms with van der Waals surface area (Å²) >= 11 is 1.32. The molecule has 5 aromatic rings. The average Bonchev–Trinajstić information content (AvgIpc) is 3.52. The number of benzene rings is 3. The molecule has 49 heavy (non-hydrogen) atoms. The maximum atomic E-state index is 15.2. The van der Waals surface area contributed by atoms with Crippen LogP contribution in [0.15, 0.2) is 84.4 Å². The summed E-state index contributed by atoms with van der Waals surface area (Å²) in [5.74, 6) is -2.64. The van der Waals surface area contributed by atoms with Crippen LogP contribution in [-0.4, -0.2) is 67.7 Å². The first kappa shape index (κ1) is 34.0. The van der Waals surface area contributed by atoms with Crippen LogP contribution in [0.4, 0.5) is 40.6 Å². The van der Waals surface area contributed by atoms with Crippen LogP contribution in [0, 0.1) is 17.5 Å². The van der Waals surface area contributed by atoms with E-state index in [0.717, 1.165) is 18.2 Å². The monoisotopic (exact) mass is 709 g/mol. The largest absolute Gasteiger partial charge is 0.367 e. The Balaban J connectivity index is 1.26. The summed E-state index contributed by atoms with van der Waals surface area (Å²) in [6.07, 6.45) is 1.55. The number of allylic oxidation sites excluding steroid dienone is 1. The summed E-state index contributed by atoms with van der Waals surface area (Å²) in [6.45, 7) is 8.28. The van der Waals surface area contributed by atoms with Crippen LogP contribution in [0.2, 0.25) is 0 Å². The topological polar surface area (TPSA) is 103 Å². The van der Waals surface area contributed by atoms with Gasteiger partial charge in [0.15, 0.2) is 4.90 Å². The number of rotatable bonds is 11. The zero-order chi connectivity index (χ0) is 34.7. The van der Waals surface area contributed by atoms with Crippen LogP contribution in [-0.2, 0) is 10.0 Å². The number of piperazine rings is 1. The minimum Gasteiger partial charge on any atom is -0.367 e. The van der Waals surface area contributed by atoms with Crippen LogP contribution >= 0.6 is 11.3 Å². The van der Waals surface area contributed by atoms with Gasteiger partial charge in [-0.1, -0.05) is 24.8 Å². The second-order valence-corrected chi connectivity index (χ2v) is 13.9. The van der Waals surface area contributed by atoms with E-state index < -0.39 is 39.0 Å². The van der Waals surface area contributed by atoms with Crippen molar-refractivity contribution in [1.82, 2.24) is 19.9 Å². The fourth-order valence-corrected chi connectivity index (χ4v) is 7.57. The maximum absolute atomic E-state index is 15.2. The molecule has 0 radical (unpaired) electrons. The molecule has 3 aromatic carbocycles. The highest BCUT2D eigenvalue weighted by molar-refractivity contribution is 7.92. The number of thiazole rings is 1. The minimum absolute atomic E-state index is 0.0631. The molecule has 0 spiro atoms. The number of sulfonamides is 1. The first-order valence-electron chi connectivity index (χ1n) is 15.2. The molecule has 0 bridgehead atoms. The minimum atomic E-state index is -4.60. The average molecular weight is 710 g/mol. The highest BCUT2D eigenvalue weighted by atomic mass is 32.2. The van der Waals surface area contributed by atoms with Gasteiger partial charge in [0.1, 0.15) is 29.1 Å². The molecular weight excluding hydrogens is 679 g/mol. The molecule has 3 heterocycles. The van der Waals surface area contributed by atoms with Crippen molar-refractivity contribution in [1.29, 1.82) is 0 Å². The Kier molecular flexibility index (Phi) is 9.94. The first-order valence-corrected chi connectivity index (χ1v) is 17.5. The zero-order valence-corrected chi connectivity index (χ0v) is 27.9. The summed E-state index contributed by atoms with van der Waals surface area (Å²) in [4.78, 5) is 17.2. The molecule has 0 saturated carbocycles. The molecule has 6 rings (SSSR count). The van der Waals surface area contributed by atoms with Gasteiger partial charge in [0, 0.05) is 55.9 Å². The quantitative estimate of drug-likeness (QED) is 0.137. The van der Waals surface area contributed by atoms with E-state index >= 15 is 4.39 Å². The molecule has 1 saturated heterocycles. The molecule has 0 unspecified atom stereocenters. The predicted octanol–water partition coefficient (Wildman–Crippen LogP) is 7.35. The van der Waals surface area contributed by atoms with Gasteiger partial charge in [-0.25, -0.2) is 40.9 Å². The summed E-state index contributed by atoms with van der Waals surface area (Å²) in [5.41, 5.74) is 3.11. The SMILES string of the molecule is C=C(C)c1nc(-c2cccc(NS(=O)(=O)c3c(F)cccc3F)c2)c(-c2ccnc(Nc3ccc(N4CCN(CCF)CC4)c(F)c3)n2)s1. The summed E-state index contributed by atoms with van der Waals surface area (Å²) in [7, 11) is -4.60. The van der Waals surface area contributed by atoms with E-state index in [1.165, 1.54) is 29.5 Å². The Labute approximate surface area is 285 Å². The van der Waals surface area contributed by atoms with Crippen LogP contribution in [0.3, 0.4) is 0 Å². The fourth-order valence-electron chi connectivity index (χ4n) is 5.39. The van der Waals surface area contributed by atoms with E-state index in [4.69, 9.17) is 4.98 Å². The van der Waals surface area contributed by atoms with Crippen molar-refractivity contribution in [3.63, 3.8) is 0 Å². The van der Waals surface area contributed by atoms with Gasteiger partial charge >= 0.3 is 0 Å².